The summed E-state index contributed by atoms with van der Waals surface area (Å²) in [6.45, 7) is 3.48. The van der Waals surface area contributed by atoms with Gasteiger partial charge in [0.15, 0.2) is 11.0 Å². The van der Waals surface area contributed by atoms with E-state index in [4.69, 9.17) is 23.2 Å². The standard InChI is InChI=1S/C18H20Cl2N4O/c1-12(13-4-6-15(19)7-5-13)21-18(25)14-3-2-10-24(11-14)17-9-8-16(20)22-23-17/h4-9,12,14H,2-3,10-11H2,1H3,(H,21,25)/t12-,14-/m1/s1. The average Bonchev–Trinajstić information content (AvgIpc) is 2.63. The molecule has 1 amide bonds. The fraction of sp³-hybridized carbons (Fsp3) is 0.389. The summed E-state index contributed by atoms with van der Waals surface area (Å²) >= 11 is 11.7. The second kappa shape index (κ2) is 8.02. The highest BCUT2D eigenvalue weighted by molar-refractivity contribution is 6.30. The van der Waals surface area contributed by atoms with Crippen LogP contribution in [0.4, 0.5) is 5.82 Å². The Hall–Kier alpha value is -1.85. The SMILES string of the molecule is C[C@@H](NC(=O)[C@@H]1CCCN(c2ccc(Cl)nn2)C1)c1ccc(Cl)cc1. The fourth-order valence-electron chi connectivity index (χ4n) is 3.04. The fourth-order valence-corrected chi connectivity index (χ4v) is 3.27. The van der Waals surface area contributed by atoms with Gasteiger partial charge in [0.2, 0.25) is 5.91 Å². The normalized spacial score (nSPS) is 18.7. The van der Waals surface area contributed by atoms with Crippen molar-refractivity contribution in [2.24, 2.45) is 5.92 Å². The molecule has 1 aliphatic rings. The second-order valence-corrected chi connectivity index (χ2v) is 7.10. The van der Waals surface area contributed by atoms with Gasteiger partial charge in [0, 0.05) is 18.1 Å². The van der Waals surface area contributed by atoms with Crippen LogP contribution in [0.25, 0.3) is 0 Å². The minimum Gasteiger partial charge on any atom is -0.354 e. The Balaban J connectivity index is 1.61. The molecule has 1 fully saturated rings. The van der Waals surface area contributed by atoms with E-state index in [1.807, 2.05) is 37.3 Å². The number of anilines is 1. The maximum atomic E-state index is 12.7. The smallest absolute Gasteiger partial charge is 0.225 e. The van der Waals surface area contributed by atoms with Crippen LogP contribution >= 0.6 is 23.2 Å². The number of piperidine rings is 1. The molecule has 0 unspecified atom stereocenters. The molecule has 1 saturated heterocycles. The van der Waals surface area contributed by atoms with Crippen LogP contribution in [-0.2, 0) is 4.79 Å². The van der Waals surface area contributed by atoms with Crippen LogP contribution < -0.4 is 10.2 Å². The molecule has 132 valence electrons. The predicted molar refractivity (Wildman–Crippen MR) is 100.0 cm³/mol. The molecular formula is C18H20Cl2N4O. The van der Waals surface area contributed by atoms with Crippen molar-refractivity contribution in [2.45, 2.75) is 25.8 Å². The summed E-state index contributed by atoms with van der Waals surface area (Å²) in [6.07, 6.45) is 1.81. The highest BCUT2D eigenvalue weighted by Crippen LogP contribution is 2.23. The van der Waals surface area contributed by atoms with E-state index in [0.29, 0.717) is 16.7 Å². The third-order valence-corrected chi connectivity index (χ3v) is 4.92. The quantitative estimate of drug-likeness (QED) is 0.876. The van der Waals surface area contributed by atoms with Gasteiger partial charge in [0.25, 0.3) is 0 Å². The molecule has 2 heterocycles. The van der Waals surface area contributed by atoms with Crippen LogP contribution in [0.5, 0.6) is 0 Å². The van der Waals surface area contributed by atoms with Crippen molar-refractivity contribution in [3.63, 3.8) is 0 Å². The molecule has 0 radical (unpaired) electrons. The lowest BCUT2D eigenvalue weighted by Crippen LogP contribution is -2.44. The zero-order chi connectivity index (χ0) is 17.8. The highest BCUT2D eigenvalue weighted by atomic mass is 35.5. The maximum Gasteiger partial charge on any atom is 0.225 e. The maximum absolute atomic E-state index is 12.7. The van der Waals surface area contributed by atoms with Crippen molar-refractivity contribution in [1.29, 1.82) is 0 Å². The third-order valence-electron chi connectivity index (χ3n) is 4.46. The molecule has 5 nitrogen and oxygen atoms in total. The first-order chi connectivity index (χ1) is 12.0. The van der Waals surface area contributed by atoms with E-state index < -0.39 is 0 Å². The first-order valence-corrected chi connectivity index (χ1v) is 9.08. The highest BCUT2D eigenvalue weighted by Gasteiger charge is 2.27. The lowest BCUT2D eigenvalue weighted by Gasteiger charge is -2.33. The van der Waals surface area contributed by atoms with Gasteiger partial charge in [-0.1, -0.05) is 35.3 Å². The van der Waals surface area contributed by atoms with Gasteiger partial charge in [-0.25, -0.2) is 0 Å². The number of hydrogen-bond donors (Lipinski definition) is 1. The van der Waals surface area contributed by atoms with E-state index in [2.05, 4.69) is 20.4 Å². The van der Waals surface area contributed by atoms with Gasteiger partial charge in [-0.2, -0.15) is 0 Å². The van der Waals surface area contributed by atoms with E-state index in [1.165, 1.54) is 0 Å². The van der Waals surface area contributed by atoms with Crippen molar-refractivity contribution in [3.8, 4) is 0 Å². The average molecular weight is 379 g/mol. The van der Waals surface area contributed by atoms with E-state index in [9.17, 15) is 4.79 Å². The van der Waals surface area contributed by atoms with Gasteiger partial charge < -0.3 is 10.2 Å². The lowest BCUT2D eigenvalue weighted by atomic mass is 9.96. The van der Waals surface area contributed by atoms with Gasteiger partial charge in [-0.3, -0.25) is 4.79 Å². The van der Waals surface area contributed by atoms with Crippen LogP contribution in [0.2, 0.25) is 10.2 Å². The molecule has 2 atom stereocenters. The van der Waals surface area contributed by atoms with Crippen LogP contribution in [0, 0.1) is 5.92 Å². The Morgan fingerprint density at radius 3 is 2.64 bits per heavy atom. The molecule has 1 aromatic carbocycles. The first-order valence-electron chi connectivity index (χ1n) is 8.33. The molecule has 1 aliphatic heterocycles. The Kier molecular flexibility index (Phi) is 5.76. The number of benzene rings is 1. The predicted octanol–water partition coefficient (Wildman–Crippen LogP) is 3.88. The van der Waals surface area contributed by atoms with Crippen molar-refractivity contribution < 1.29 is 4.79 Å². The number of amides is 1. The number of carbonyl (C=O) groups excluding carboxylic acids is 1. The molecule has 1 aromatic heterocycles. The summed E-state index contributed by atoms with van der Waals surface area (Å²) < 4.78 is 0. The van der Waals surface area contributed by atoms with Crippen LogP contribution in [-0.4, -0.2) is 29.2 Å². The van der Waals surface area contributed by atoms with Crippen molar-refractivity contribution >= 4 is 34.9 Å². The molecule has 25 heavy (non-hydrogen) atoms. The van der Waals surface area contributed by atoms with Crippen molar-refractivity contribution in [1.82, 2.24) is 15.5 Å². The summed E-state index contributed by atoms with van der Waals surface area (Å²) in [4.78, 5) is 14.7. The lowest BCUT2D eigenvalue weighted by molar-refractivity contribution is -0.125. The third kappa shape index (κ3) is 4.61. The zero-order valence-corrected chi connectivity index (χ0v) is 15.5. The van der Waals surface area contributed by atoms with Gasteiger partial charge >= 0.3 is 0 Å². The Labute approximate surface area is 157 Å². The summed E-state index contributed by atoms with van der Waals surface area (Å²) in [5.41, 5.74) is 1.04. The summed E-state index contributed by atoms with van der Waals surface area (Å²) in [7, 11) is 0. The van der Waals surface area contributed by atoms with Gasteiger partial charge in [0.1, 0.15) is 0 Å². The van der Waals surface area contributed by atoms with Gasteiger partial charge in [0.05, 0.1) is 12.0 Å². The molecule has 1 N–H and O–H groups in total. The monoisotopic (exact) mass is 378 g/mol. The van der Waals surface area contributed by atoms with E-state index in [-0.39, 0.29) is 17.9 Å². The van der Waals surface area contributed by atoms with E-state index in [0.717, 1.165) is 30.8 Å². The second-order valence-electron chi connectivity index (χ2n) is 6.28. The molecule has 0 saturated carbocycles. The number of hydrogen-bond acceptors (Lipinski definition) is 4. The molecule has 0 bridgehead atoms. The number of halogens is 2. The number of aromatic nitrogens is 2. The molecule has 0 spiro atoms. The molecular weight excluding hydrogens is 359 g/mol. The number of rotatable bonds is 4. The largest absolute Gasteiger partial charge is 0.354 e. The summed E-state index contributed by atoms with van der Waals surface area (Å²) in [6, 6.07) is 11.0. The van der Waals surface area contributed by atoms with Crippen LogP contribution in [0.1, 0.15) is 31.4 Å². The number of nitrogens with one attached hydrogen (secondary N) is 1. The van der Waals surface area contributed by atoms with Crippen molar-refractivity contribution in [2.75, 3.05) is 18.0 Å². The van der Waals surface area contributed by atoms with Gasteiger partial charge in [-0.15, -0.1) is 10.2 Å². The minimum atomic E-state index is -0.0685. The van der Waals surface area contributed by atoms with Crippen LogP contribution in [0.15, 0.2) is 36.4 Å². The van der Waals surface area contributed by atoms with Crippen molar-refractivity contribution in [3.05, 3.63) is 52.1 Å². The molecule has 3 rings (SSSR count). The van der Waals surface area contributed by atoms with E-state index >= 15 is 0 Å². The number of carbonyl (C=O) groups is 1. The van der Waals surface area contributed by atoms with Gasteiger partial charge in [-0.05, 0) is 49.6 Å². The topological polar surface area (TPSA) is 58.1 Å². The Morgan fingerprint density at radius 2 is 1.96 bits per heavy atom. The Morgan fingerprint density at radius 1 is 1.20 bits per heavy atom. The van der Waals surface area contributed by atoms with Crippen LogP contribution in [0.3, 0.4) is 0 Å². The minimum absolute atomic E-state index is 0.0598. The zero-order valence-electron chi connectivity index (χ0n) is 14.0. The number of nitrogens with zero attached hydrogens (tertiary/aromatic N) is 3. The summed E-state index contributed by atoms with van der Waals surface area (Å²) in [5.74, 6) is 0.753. The molecule has 0 aliphatic carbocycles. The summed E-state index contributed by atoms with van der Waals surface area (Å²) in [5, 5.41) is 12.2. The first kappa shape index (κ1) is 18.0. The molecule has 2 aromatic rings. The molecule has 7 heteroatoms. The van der Waals surface area contributed by atoms with E-state index in [1.54, 1.807) is 6.07 Å². The Bertz CT molecular complexity index is 721.